The first kappa shape index (κ1) is 16.2. The van der Waals surface area contributed by atoms with Gasteiger partial charge in [-0.25, -0.2) is 0 Å². The highest BCUT2D eigenvalue weighted by atomic mass is 32.2. The molecule has 0 N–H and O–H groups in total. The zero-order valence-corrected chi connectivity index (χ0v) is 16.1. The third kappa shape index (κ3) is 2.89. The Morgan fingerprint density at radius 1 is 1.17 bits per heavy atom. The molecule has 0 bridgehead atoms. The summed E-state index contributed by atoms with van der Waals surface area (Å²) in [6.45, 7) is 0.259. The summed E-state index contributed by atoms with van der Waals surface area (Å²) in [5, 5.41) is 1.99. The van der Waals surface area contributed by atoms with E-state index in [1.54, 1.807) is 16.2 Å². The lowest BCUT2D eigenvalue weighted by Gasteiger charge is -2.16. The number of benzene rings is 1. The molecule has 120 valence electrons. The molecule has 24 heavy (non-hydrogen) atoms. The predicted molar refractivity (Wildman–Crippen MR) is 111 cm³/mol. The fraction of sp³-hybridized carbons (Fsp3) is 0.0625. The van der Waals surface area contributed by atoms with Crippen LogP contribution in [-0.2, 0) is 0 Å². The number of thiophene rings is 1. The molecule has 1 aromatic heterocycles. The molecule has 1 fully saturated rings. The number of hydrogen-bond acceptors (Lipinski definition) is 7. The molecule has 3 nitrogen and oxygen atoms in total. The lowest BCUT2D eigenvalue weighted by Crippen LogP contribution is -2.32. The molecule has 0 saturated carbocycles. The maximum absolute atomic E-state index is 5.60. The molecule has 1 saturated heterocycles. The normalized spacial score (nSPS) is 17.8. The molecule has 0 aliphatic carbocycles. The summed E-state index contributed by atoms with van der Waals surface area (Å²) in [6, 6.07) is 9.73. The molecule has 8 heteroatoms. The molecule has 0 atom stereocenters. The average molecular weight is 408 g/mol. The Morgan fingerprint density at radius 2 is 2.00 bits per heavy atom. The van der Waals surface area contributed by atoms with Crippen molar-refractivity contribution in [2.45, 2.75) is 0 Å². The number of thiocarbonyl (C=S) groups is 3. The van der Waals surface area contributed by atoms with Crippen LogP contribution < -0.4 is 9.47 Å². The molecule has 2 aliphatic rings. The number of hydrogen-bond donors (Lipinski definition) is 0. The lowest BCUT2D eigenvalue weighted by atomic mass is 10.2. The van der Waals surface area contributed by atoms with Crippen LogP contribution in [-0.4, -0.2) is 26.0 Å². The number of thioether (sulfide) groups is 1. The topological polar surface area (TPSA) is 21.7 Å². The molecule has 2 aromatic rings. The van der Waals surface area contributed by atoms with Gasteiger partial charge in [0.15, 0.2) is 15.8 Å². The Kier molecular flexibility index (Phi) is 4.40. The largest absolute Gasteiger partial charge is 0.454 e. The van der Waals surface area contributed by atoms with Crippen molar-refractivity contribution in [1.82, 2.24) is 4.90 Å². The van der Waals surface area contributed by atoms with Gasteiger partial charge in [0.25, 0.3) is 0 Å². The van der Waals surface area contributed by atoms with Crippen LogP contribution in [0.3, 0.4) is 0 Å². The van der Waals surface area contributed by atoms with Gasteiger partial charge >= 0.3 is 0 Å². The van der Waals surface area contributed by atoms with Crippen LogP contribution >= 0.6 is 59.8 Å². The van der Waals surface area contributed by atoms with E-state index >= 15 is 0 Å². The Hall–Kier alpha value is -1.32. The van der Waals surface area contributed by atoms with Crippen LogP contribution in [0.25, 0.3) is 6.08 Å². The highest BCUT2D eigenvalue weighted by Gasteiger charge is 2.32. The van der Waals surface area contributed by atoms with Crippen LogP contribution in [0, 0.1) is 0 Å². The minimum absolute atomic E-state index is 0.259. The zero-order valence-electron chi connectivity index (χ0n) is 12.1. The molecular formula is C16H9NO2S5. The van der Waals surface area contributed by atoms with Crippen molar-refractivity contribution in [3.05, 3.63) is 51.1 Å². The fourth-order valence-electron chi connectivity index (χ4n) is 2.31. The molecule has 2 aliphatic heterocycles. The van der Waals surface area contributed by atoms with E-state index in [1.165, 1.54) is 11.8 Å². The first-order valence-electron chi connectivity index (χ1n) is 6.89. The van der Waals surface area contributed by atoms with Gasteiger partial charge in [-0.05, 0) is 35.2 Å². The summed E-state index contributed by atoms with van der Waals surface area (Å²) in [5.41, 5.74) is 0.982. The minimum atomic E-state index is 0.259. The van der Waals surface area contributed by atoms with E-state index in [-0.39, 0.29) is 6.79 Å². The molecule has 1 aromatic carbocycles. The molecule has 0 spiro atoms. The highest BCUT2D eigenvalue weighted by molar-refractivity contribution is 8.27. The molecule has 4 rings (SSSR count). The monoisotopic (exact) mass is 407 g/mol. The third-order valence-electron chi connectivity index (χ3n) is 3.42. The number of nitrogens with zero attached hydrogens (tertiary/aromatic N) is 1. The summed E-state index contributed by atoms with van der Waals surface area (Å²) in [5.74, 6) is 1.50. The zero-order chi connectivity index (χ0) is 16.7. The van der Waals surface area contributed by atoms with Crippen molar-refractivity contribution >= 4 is 80.1 Å². The van der Waals surface area contributed by atoms with E-state index < -0.39 is 0 Å². The number of rotatable bonds is 2. The Morgan fingerprint density at radius 3 is 2.79 bits per heavy atom. The van der Waals surface area contributed by atoms with Crippen molar-refractivity contribution in [1.29, 1.82) is 0 Å². The van der Waals surface area contributed by atoms with Crippen LogP contribution in [0.5, 0.6) is 11.5 Å². The first-order valence-corrected chi connectivity index (χ1v) is 9.81. The van der Waals surface area contributed by atoms with Gasteiger partial charge in [0.1, 0.15) is 9.98 Å². The van der Waals surface area contributed by atoms with E-state index in [9.17, 15) is 0 Å². The molecule has 0 radical (unpaired) electrons. The van der Waals surface area contributed by atoms with Crippen molar-refractivity contribution in [3.8, 4) is 11.5 Å². The van der Waals surface area contributed by atoms with Crippen molar-refractivity contribution in [2.24, 2.45) is 0 Å². The van der Waals surface area contributed by atoms with Crippen LogP contribution in [0.2, 0.25) is 0 Å². The van der Waals surface area contributed by atoms with Gasteiger partial charge in [-0.3, -0.25) is 4.90 Å². The second-order valence-electron chi connectivity index (χ2n) is 4.91. The Bertz CT molecular complexity index is 888. The van der Waals surface area contributed by atoms with E-state index in [0.29, 0.717) is 14.3 Å². The fourth-order valence-corrected chi connectivity index (χ4v) is 5.30. The summed E-state index contributed by atoms with van der Waals surface area (Å²) in [6.07, 6.45) is 2.00. The van der Waals surface area contributed by atoms with Gasteiger partial charge < -0.3 is 9.47 Å². The van der Waals surface area contributed by atoms with Crippen LogP contribution in [0.1, 0.15) is 10.4 Å². The first-order chi connectivity index (χ1) is 11.6. The maximum Gasteiger partial charge on any atom is 0.231 e. The van der Waals surface area contributed by atoms with Crippen molar-refractivity contribution < 1.29 is 9.47 Å². The van der Waals surface area contributed by atoms with Gasteiger partial charge in [0.05, 0.1) is 9.78 Å². The minimum Gasteiger partial charge on any atom is -0.454 e. The molecule has 3 heterocycles. The molecule has 0 unspecified atom stereocenters. The van der Waals surface area contributed by atoms with E-state index in [0.717, 1.165) is 26.8 Å². The third-order valence-corrected chi connectivity index (χ3v) is 6.68. The summed E-state index contributed by atoms with van der Waals surface area (Å²) in [4.78, 5) is 4.98. The Labute approximate surface area is 163 Å². The average Bonchev–Trinajstić information content (AvgIpc) is 3.29. The van der Waals surface area contributed by atoms with Crippen molar-refractivity contribution in [2.75, 3.05) is 6.79 Å². The van der Waals surface area contributed by atoms with Gasteiger partial charge in [0.2, 0.25) is 6.79 Å². The van der Waals surface area contributed by atoms with E-state index in [4.69, 9.17) is 46.1 Å². The summed E-state index contributed by atoms with van der Waals surface area (Å²) < 4.78 is 11.4. The van der Waals surface area contributed by atoms with Gasteiger partial charge in [0, 0.05) is 0 Å². The summed E-state index contributed by atoms with van der Waals surface area (Å²) >= 11 is 19.7. The van der Waals surface area contributed by atoms with E-state index in [1.807, 2.05) is 41.8 Å². The smallest absolute Gasteiger partial charge is 0.231 e. The van der Waals surface area contributed by atoms with Gasteiger partial charge in [-0.15, -0.1) is 11.3 Å². The van der Waals surface area contributed by atoms with Crippen molar-refractivity contribution in [3.63, 3.8) is 0 Å². The highest BCUT2D eigenvalue weighted by Crippen LogP contribution is 2.37. The lowest BCUT2D eigenvalue weighted by molar-refractivity contribution is 0.174. The maximum atomic E-state index is 5.60. The quantitative estimate of drug-likeness (QED) is 0.517. The van der Waals surface area contributed by atoms with Crippen LogP contribution in [0.15, 0.2) is 40.6 Å². The predicted octanol–water partition coefficient (Wildman–Crippen LogP) is 4.85. The molecular weight excluding hydrogens is 399 g/mol. The number of fused-ring (bicyclic) bond motifs is 1. The van der Waals surface area contributed by atoms with E-state index in [2.05, 4.69) is 0 Å². The number of ether oxygens (including phenoxy) is 2. The molecule has 0 amide bonds. The second kappa shape index (κ2) is 6.53. The Balaban J connectivity index is 1.62. The second-order valence-corrected chi connectivity index (χ2v) is 8.31. The van der Waals surface area contributed by atoms with Gasteiger partial charge in [-0.2, -0.15) is 0 Å². The standard InChI is InChI=1S/C16H9NO2S5/c20-14(12-2-1-5-23-12)17-15(21)13(24-16(17)22)7-9-3-4-10-11(6-9)19-8-18-10/h1-7H,8H2/b13-7+. The SMILES string of the molecule is S=C1S/C(=C/c2ccc3c(c2)OCO3)C(=S)N1C(=S)c1cccs1. The van der Waals surface area contributed by atoms with Crippen LogP contribution in [0.4, 0.5) is 0 Å². The van der Waals surface area contributed by atoms with Gasteiger partial charge in [-0.1, -0.05) is 60.5 Å². The summed E-state index contributed by atoms with van der Waals surface area (Å²) in [7, 11) is 0.